The Morgan fingerprint density at radius 3 is 2.60 bits per heavy atom. The fourth-order valence-corrected chi connectivity index (χ4v) is 3.39. The van der Waals surface area contributed by atoms with Crippen LogP contribution in [-0.2, 0) is 16.1 Å². The molecular weight excluding hydrogens is 339 g/mol. The van der Waals surface area contributed by atoms with E-state index in [2.05, 4.69) is 14.0 Å². The molecule has 0 atom stereocenters. The molecule has 0 spiro atoms. The zero-order valence-corrected chi connectivity index (χ0v) is 13.1. The van der Waals surface area contributed by atoms with Gasteiger partial charge >= 0.3 is 0 Å². The van der Waals surface area contributed by atoms with Crippen molar-refractivity contribution in [2.45, 2.75) is 12.8 Å². The summed E-state index contributed by atoms with van der Waals surface area (Å²) >= 11 is 18.1. The van der Waals surface area contributed by atoms with Gasteiger partial charge in [-0.2, -0.15) is 8.73 Å². The lowest BCUT2D eigenvalue weighted by molar-refractivity contribution is -0.118. The Morgan fingerprint density at radius 1 is 1.35 bits per heavy atom. The van der Waals surface area contributed by atoms with Crippen molar-refractivity contribution in [3.63, 3.8) is 0 Å². The van der Waals surface area contributed by atoms with Gasteiger partial charge in [-0.1, -0.05) is 35.4 Å². The maximum absolute atomic E-state index is 12.3. The van der Waals surface area contributed by atoms with E-state index in [1.807, 2.05) is 0 Å². The number of nitrogens with two attached hydrogens (primary N) is 1. The van der Waals surface area contributed by atoms with Crippen molar-refractivity contribution in [2.75, 3.05) is 5.32 Å². The molecule has 104 valence electrons. The summed E-state index contributed by atoms with van der Waals surface area (Å²) in [6, 6.07) is 1.53. The fraction of sp³-hybridized carbons (Fsp3) is 0.273. The molecular formula is C11H8Cl2N4OS2. The van der Waals surface area contributed by atoms with Gasteiger partial charge in [0, 0.05) is 0 Å². The average molecular weight is 347 g/mol. The number of hydrogen-bond acceptors (Lipinski definition) is 4. The SMILES string of the molecule is NC(=S)C1(C(=O)Nc2c(Cl)cc(Cl)c3c2N=S=N3)CC1. The topological polar surface area (TPSA) is 79.8 Å². The summed E-state index contributed by atoms with van der Waals surface area (Å²) in [7, 11) is 0. The minimum absolute atomic E-state index is 0.202. The first kappa shape index (κ1) is 13.9. The van der Waals surface area contributed by atoms with E-state index in [0.717, 1.165) is 11.4 Å². The summed E-state index contributed by atoms with van der Waals surface area (Å²) in [5.41, 5.74) is 6.26. The minimum Gasteiger partial charge on any atom is -0.392 e. The van der Waals surface area contributed by atoms with Crippen molar-refractivity contribution >= 4 is 74.7 Å². The first-order valence-corrected chi connectivity index (χ1v) is 7.57. The van der Waals surface area contributed by atoms with E-state index in [-0.39, 0.29) is 10.9 Å². The van der Waals surface area contributed by atoms with Crippen LogP contribution in [0.1, 0.15) is 12.8 Å². The number of fused-ring (bicyclic) bond motifs is 1. The summed E-state index contributed by atoms with van der Waals surface area (Å²) in [5, 5.41) is 3.46. The van der Waals surface area contributed by atoms with Crippen LogP contribution in [0.15, 0.2) is 14.8 Å². The fourth-order valence-electron chi connectivity index (χ4n) is 1.94. The van der Waals surface area contributed by atoms with E-state index in [0.29, 0.717) is 39.9 Å². The van der Waals surface area contributed by atoms with Crippen molar-refractivity contribution in [2.24, 2.45) is 19.9 Å². The van der Waals surface area contributed by atoms with Crippen LogP contribution in [-0.4, -0.2) is 10.9 Å². The number of hydrogen-bond donors (Lipinski definition) is 2. The molecule has 3 rings (SSSR count). The second-order valence-electron chi connectivity index (χ2n) is 4.58. The molecule has 1 aliphatic heterocycles. The molecule has 0 bridgehead atoms. The van der Waals surface area contributed by atoms with Gasteiger partial charge < -0.3 is 11.1 Å². The normalized spacial score (nSPS) is 17.3. The Morgan fingerprint density at radius 2 is 2.00 bits per heavy atom. The second kappa shape index (κ2) is 4.77. The number of halogens is 2. The molecule has 2 aliphatic rings. The van der Waals surface area contributed by atoms with Gasteiger partial charge in [0.25, 0.3) is 0 Å². The number of carbonyl (C=O) groups excluding carboxylic acids is 1. The molecule has 0 saturated heterocycles. The maximum atomic E-state index is 12.3. The molecule has 1 heterocycles. The zero-order chi connectivity index (χ0) is 14.5. The van der Waals surface area contributed by atoms with Gasteiger partial charge in [0.2, 0.25) is 5.91 Å². The summed E-state index contributed by atoms with van der Waals surface area (Å²) in [6.07, 6.45) is 1.30. The van der Waals surface area contributed by atoms with Crippen LogP contribution in [0.25, 0.3) is 0 Å². The van der Waals surface area contributed by atoms with Crippen molar-refractivity contribution in [1.29, 1.82) is 0 Å². The third-order valence-electron chi connectivity index (χ3n) is 3.34. The van der Waals surface area contributed by atoms with E-state index >= 15 is 0 Å². The molecule has 1 aliphatic carbocycles. The van der Waals surface area contributed by atoms with Gasteiger partial charge in [0.1, 0.15) is 11.4 Å². The van der Waals surface area contributed by atoms with Gasteiger partial charge in [-0.15, -0.1) is 0 Å². The third-order valence-corrected chi connectivity index (χ3v) is 4.84. The quantitative estimate of drug-likeness (QED) is 0.831. The molecule has 1 saturated carbocycles. The molecule has 0 aromatic heterocycles. The van der Waals surface area contributed by atoms with E-state index in [9.17, 15) is 4.79 Å². The number of benzene rings is 1. The lowest BCUT2D eigenvalue weighted by Gasteiger charge is -2.16. The highest BCUT2D eigenvalue weighted by molar-refractivity contribution is 7.80. The Balaban J connectivity index is 1.97. The molecule has 9 heteroatoms. The molecule has 5 nitrogen and oxygen atoms in total. The number of thiocarbonyl (C=S) groups is 1. The Kier molecular flexibility index (Phi) is 3.32. The standard InChI is InChI=1S/C11H8Cl2N4OS2/c12-4-3-5(13)7-8(17-20-16-7)6(4)15-10(18)11(1-2-11)9(14)19/h3H,1-2H2,(H2,14,19)(H,15,18). The van der Waals surface area contributed by atoms with Crippen LogP contribution in [0.2, 0.25) is 10.0 Å². The van der Waals surface area contributed by atoms with Gasteiger partial charge in [-0.05, 0) is 18.9 Å². The third kappa shape index (κ3) is 2.05. The van der Waals surface area contributed by atoms with E-state index in [1.165, 1.54) is 6.07 Å². The molecule has 3 N–H and O–H groups in total. The molecule has 0 unspecified atom stereocenters. The predicted octanol–water partition coefficient (Wildman–Crippen LogP) is 3.72. The number of nitrogens with zero attached hydrogens (tertiary/aromatic N) is 2. The summed E-state index contributed by atoms with van der Waals surface area (Å²) in [4.78, 5) is 12.5. The molecule has 1 aromatic rings. The summed E-state index contributed by atoms with van der Waals surface area (Å²) in [5.74, 6) is -0.261. The summed E-state index contributed by atoms with van der Waals surface area (Å²) < 4.78 is 8.20. The number of amides is 1. The van der Waals surface area contributed by atoms with Crippen LogP contribution >= 0.6 is 35.4 Å². The maximum Gasteiger partial charge on any atom is 0.237 e. The Bertz CT molecular complexity index is 724. The highest BCUT2D eigenvalue weighted by Crippen LogP contribution is 2.50. The van der Waals surface area contributed by atoms with Gasteiger partial charge in [-0.3, -0.25) is 4.79 Å². The Labute approximate surface area is 133 Å². The monoisotopic (exact) mass is 346 g/mol. The van der Waals surface area contributed by atoms with Crippen molar-refractivity contribution < 1.29 is 4.79 Å². The van der Waals surface area contributed by atoms with Gasteiger partial charge in [0.05, 0.1) is 37.5 Å². The Hall–Kier alpha value is -1.02. The molecule has 1 aromatic carbocycles. The lowest BCUT2D eigenvalue weighted by Crippen LogP contribution is -2.35. The zero-order valence-electron chi connectivity index (χ0n) is 9.94. The van der Waals surface area contributed by atoms with Crippen molar-refractivity contribution in [3.8, 4) is 0 Å². The van der Waals surface area contributed by atoms with Crippen LogP contribution in [0.4, 0.5) is 17.1 Å². The van der Waals surface area contributed by atoms with E-state index in [1.54, 1.807) is 0 Å². The molecule has 1 fully saturated rings. The average Bonchev–Trinajstić information content (AvgIpc) is 3.06. The van der Waals surface area contributed by atoms with Crippen molar-refractivity contribution in [3.05, 3.63) is 16.1 Å². The minimum atomic E-state index is -0.756. The largest absolute Gasteiger partial charge is 0.392 e. The number of carbonyl (C=O) groups is 1. The van der Waals surface area contributed by atoms with Crippen molar-refractivity contribution in [1.82, 2.24) is 0 Å². The van der Waals surface area contributed by atoms with Gasteiger partial charge in [-0.25, -0.2) is 0 Å². The molecule has 20 heavy (non-hydrogen) atoms. The van der Waals surface area contributed by atoms with E-state index < -0.39 is 5.41 Å². The lowest BCUT2D eigenvalue weighted by atomic mass is 10.1. The van der Waals surface area contributed by atoms with Crippen LogP contribution in [0, 0.1) is 5.41 Å². The highest BCUT2D eigenvalue weighted by Gasteiger charge is 2.53. The second-order valence-corrected chi connectivity index (χ2v) is 6.36. The van der Waals surface area contributed by atoms with E-state index in [4.69, 9.17) is 41.2 Å². The number of anilines is 1. The first-order valence-electron chi connectivity index (χ1n) is 5.67. The number of nitrogens with one attached hydrogen (secondary N) is 1. The predicted molar refractivity (Wildman–Crippen MR) is 85.1 cm³/mol. The summed E-state index contributed by atoms with van der Waals surface area (Å²) in [6.45, 7) is 0. The van der Waals surface area contributed by atoms with Crippen LogP contribution in [0.3, 0.4) is 0 Å². The van der Waals surface area contributed by atoms with Crippen LogP contribution < -0.4 is 11.1 Å². The first-order chi connectivity index (χ1) is 9.45. The number of rotatable bonds is 3. The van der Waals surface area contributed by atoms with Gasteiger partial charge in [0.15, 0.2) is 0 Å². The van der Waals surface area contributed by atoms with Crippen LogP contribution in [0.5, 0.6) is 0 Å². The smallest absolute Gasteiger partial charge is 0.237 e. The molecule has 0 radical (unpaired) electrons. The molecule has 1 amide bonds. The highest BCUT2D eigenvalue weighted by atomic mass is 35.5.